The Bertz CT molecular complexity index is 934. The minimum atomic E-state index is 0.423. The lowest BCUT2D eigenvalue weighted by Gasteiger charge is -2.09. The molecule has 2 N–H and O–H groups in total. The van der Waals surface area contributed by atoms with Crippen LogP contribution in [-0.2, 0) is 6.54 Å². The SMILES string of the molecule is Cc1cc(C)cc(NC(=S)Nc2ncn(Cc3ccc(Cl)c(Cl)c3)n2)c1. The molecule has 0 aliphatic carbocycles. The van der Waals surface area contributed by atoms with Gasteiger partial charge in [-0.15, -0.1) is 5.10 Å². The average Bonchev–Trinajstić information content (AvgIpc) is 2.96. The maximum atomic E-state index is 6.04. The van der Waals surface area contributed by atoms with Gasteiger partial charge in [0, 0.05) is 5.69 Å². The molecule has 26 heavy (non-hydrogen) atoms. The van der Waals surface area contributed by atoms with E-state index < -0.39 is 0 Å². The van der Waals surface area contributed by atoms with Crippen molar-refractivity contribution in [3.05, 3.63) is 69.5 Å². The van der Waals surface area contributed by atoms with Crippen LogP contribution in [0.4, 0.5) is 11.6 Å². The van der Waals surface area contributed by atoms with Crippen molar-refractivity contribution in [1.29, 1.82) is 0 Å². The first-order chi connectivity index (χ1) is 12.4. The first-order valence-electron chi connectivity index (χ1n) is 7.89. The lowest BCUT2D eigenvalue weighted by molar-refractivity contribution is 0.687. The van der Waals surface area contributed by atoms with Gasteiger partial charge in [-0.25, -0.2) is 9.67 Å². The van der Waals surface area contributed by atoms with Crippen LogP contribution in [0.25, 0.3) is 0 Å². The Balaban J connectivity index is 1.62. The molecule has 3 rings (SSSR count). The van der Waals surface area contributed by atoms with Gasteiger partial charge in [0.1, 0.15) is 6.33 Å². The molecule has 134 valence electrons. The van der Waals surface area contributed by atoms with E-state index in [9.17, 15) is 0 Å². The van der Waals surface area contributed by atoms with E-state index in [0.29, 0.717) is 27.7 Å². The number of anilines is 2. The number of hydrogen-bond acceptors (Lipinski definition) is 3. The van der Waals surface area contributed by atoms with Crippen LogP contribution in [-0.4, -0.2) is 19.9 Å². The smallest absolute Gasteiger partial charge is 0.248 e. The third-order valence-corrected chi connectivity index (χ3v) is 4.51. The van der Waals surface area contributed by atoms with E-state index in [-0.39, 0.29) is 0 Å². The molecule has 0 atom stereocenters. The predicted molar refractivity (Wildman–Crippen MR) is 111 cm³/mol. The number of benzene rings is 2. The summed E-state index contributed by atoms with van der Waals surface area (Å²) in [6, 6.07) is 11.6. The Morgan fingerprint density at radius 3 is 2.46 bits per heavy atom. The van der Waals surface area contributed by atoms with Crippen molar-refractivity contribution in [2.45, 2.75) is 20.4 Å². The zero-order valence-electron chi connectivity index (χ0n) is 14.3. The summed E-state index contributed by atoms with van der Waals surface area (Å²) in [6.45, 7) is 4.62. The second-order valence-electron chi connectivity index (χ2n) is 5.97. The molecule has 0 saturated carbocycles. The highest BCUT2D eigenvalue weighted by molar-refractivity contribution is 7.80. The van der Waals surface area contributed by atoms with Gasteiger partial charge >= 0.3 is 0 Å². The van der Waals surface area contributed by atoms with Crippen molar-refractivity contribution in [2.24, 2.45) is 0 Å². The Kier molecular flexibility index (Phi) is 5.76. The van der Waals surface area contributed by atoms with Crippen LogP contribution >= 0.6 is 35.4 Å². The van der Waals surface area contributed by atoms with Crippen LogP contribution < -0.4 is 10.6 Å². The zero-order valence-corrected chi connectivity index (χ0v) is 16.6. The van der Waals surface area contributed by atoms with Gasteiger partial charge in [0.05, 0.1) is 16.6 Å². The molecule has 1 aromatic heterocycles. The number of nitrogens with one attached hydrogen (secondary N) is 2. The van der Waals surface area contributed by atoms with Crippen LogP contribution in [0.3, 0.4) is 0 Å². The molecule has 3 aromatic rings. The summed E-state index contributed by atoms with van der Waals surface area (Å²) in [4.78, 5) is 4.22. The summed E-state index contributed by atoms with van der Waals surface area (Å²) in [5.74, 6) is 0.423. The average molecular weight is 406 g/mol. The number of aryl methyl sites for hydroxylation is 2. The molecule has 0 spiro atoms. The van der Waals surface area contributed by atoms with Gasteiger partial charge in [0.25, 0.3) is 0 Å². The number of hydrogen-bond donors (Lipinski definition) is 2. The quantitative estimate of drug-likeness (QED) is 0.594. The van der Waals surface area contributed by atoms with Crippen LogP contribution in [0.2, 0.25) is 10.0 Å². The maximum Gasteiger partial charge on any atom is 0.248 e. The second-order valence-corrected chi connectivity index (χ2v) is 7.19. The highest BCUT2D eigenvalue weighted by Gasteiger charge is 2.06. The zero-order chi connectivity index (χ0) is 18.7. The molecule has 0 radical (unpaired) electrons. The molecular weight excluding hydrogens is 389 g/mol. The number of rotatable bonds is 4. The second kappa shape index (κ2) is 8.03. The van der Waals surface area contributed by atoms with Gasteiger partial charge in [0.15, 0.2) is 5.11 Å². The van der Waals surface area contributed by atoms with Gasteiger partial charge in [-0.2, -0.15) is 0 Å². The van der Waals surface area contributed by atoms with Gasteiger partial charge in [-0.05, 0) is 67.0 Å². The predicted octanol–water partition coefficient (Wildman–Crippen LogP) is 5.06. The third-order valence-electron chi connectivity index (χ3n) is 3.57. The number of thiocarbonyl (C=S) groups is 1. The van der Waals surface area contributed by atoms with Crippen LogP contribution in [0.5, 0.6) is 0 Å². The highest BCUT2D eigenvalue weighted by Crippen LogP contribution is 2.23. The summed E-state index contributed by atoms with van der Waals surface area (Å²) in [7, 11) is 0. The van der Waals surface area contributed by atoms with E-state index in [2.05, 4.69) is 26.8 Å². The maximum absolute atomic E-state index is 6.04. The van der Waals surface area contributed by atoms with Crippen molar-refractivity contribution in [3.63, 3.8) is 0 Å². The fourth-order valence-corrected chi connectivity index (χ4v) is 3.09. The first kappa shape index (κ1) is 18.6. The van der Waals surface area contributed by atoms with Crippen molar-refractivity contribution in [3.8, 4) is 0 Å². The summed E-state index contributed by atoms with van der Waals surface area (Å²) in [5, 5.41) is 12.0. The van der Waals surface area contributed by atoms with Crippen molar-refractivity contribution in [1.82, 2.24) is 14.8 Å². The van der Waals surface area contributed by atoms with E-state index in [1.54, 1.807) is 17.1 Å². The van der Waals surface area contributed by atoms with Crippen LogP contribution in [0, 0.1) is 13.8 Å². The molecule has 5 nitrogen and oxygen atoms in total. The molecule has 0 aliphatic rings. The Labute approximate surface area is 167 Å². The molecule has 2 aromatic carbocycles. The molecule has 8 heteroatoms. The molecule has 0 unspecified atom stereocenters. The van der Waals surface area contributed by atoms with Gasteiger partial charge in [0.2, 0.25) is 5.95 Å². The van der Waals surface area contributed by atoms with Gasteiger partial charge < -0.3 is 5.32 Å². The van der Waals surface area contributed by atoms with Gasteiger partial charge in [-0.3, -0.25) is 5.32 Å². The minimum Gasteiger partial charge on any atom is -0.332 e. The number of nitrogens with zero attached hydrogens (tertiary/aromatic N) is 3. The Morgan fingerprint density at radius 1 is 1.04 bits per heavy atom. The number of halogens is 2. The summed E-state index contributed by atoms with van der Waals surface area (Å²) in [5.41, 5.74) is 4.24. The van der Waals surface area contributed by atoms with E-state index in [1.807, 2.05) is 38.1 Å². The molecule has 0 aliphatic heterocycles. The summed E-state index contributed by atoms with van der Waals surface area (Å²) >= 11 is 17.3. The van der Waals surface area contributed by atoms with Crippen molar-refractivity contribution >= 4 is 52.2 Å². The molecule has 0 bridgehead atoms. The lowest BCUT2D eigenvalue weighted by atomic mass is 10.1. The number of aromatic nitrogens is 3. The fraction of sp³-hybridized carbons (Fsp3) is 0.167. The first-order valence-corrected chi connectivity index (χ1v) is 9.05. The normalized spacial score (nSPS) is 10.6. The van der Waals surface area contributed by atoms with E-state index in [1.165, 1.54) is 11.1 Å². The fourth-order valence-electron chi connectivity index (χ4n) is 2.56. The minimum absolute atomic E-state index is 0.423. The standard InChI is InChI=1S/C18H17Cl2N5S/c1-11-5-12(2)7-14(6-11)22-18(26)23-17-21-10-25(24-17)9-13-3-4-15(19)16(20)8-13/h3-8,10H,9H2,1-2H3,(H2,22,23,24,26). The molecule has 1 heterocycles. The summed E-state index contributed by atoms with van der Waals surface area (Å²) in [6.07, 6.45) is 1.63. The molecule has 0 fully saturated rings. The molecule has 0 amide bonds. The van der Waals surface area contributed by atoms with Crippen LogP contribution in [0.1, 0.15) is 16.7 Å². The molecular formula is C18H17Cl2N5S. The monoisotopic (exact) mass is 405 g/mol. The third kappa shape index (κ3) is 4.94. The Hall–Kier alpha value is -2.15. The van der Waals surface area contributed by atoms with Crippen molar-refractivity contribution < 1.29 is 0 Å². The Morgan fingerprint density at radius 2 is 1.77 bits per heavy atom. The molecule has 0 saturated heterocycles. The van der Waals surface area contributed by atoms with Gasteiger partial charge in [-0.1, -0.05) is 35.3 Å². The summed E-state index contributed by atoms with van der Waals surface area (Å²) < 4.78 is 1.70. The van der Waals surface area contributed by atoms with Crippen molar-refractivity contribution in [2.75, 3.05) is 10.6 Å². The van der Waals surface area contributed by atoms with Crippen LogP contribution in [0.15, 0.2) is 42.7 Å². The van der Waals surface area contributed by atoms with E-state index in [0.717, 1.165) is 11.3 Å². The van der Waals surface area contributed by atoms with E-state index >= 15 is 0 Å². The lowest BCUT2D eigenvalue weighted by Crippen LogP contribution is -2.20. The topological polar surface area (TPSA) is 54.8 Å². The largest absolute Gasteiger partial charge is 0.332 e. The highest BCUT2D eigenvalue weighted by atomic mass is 35.5. The van der Waals surface area contributed by atoms with E-state index in [4.69, 9.17) is 35.4 Å².